The van der Waals surface area contributed by atoms with Crippen LogP contribution in [-0.4, -0.2) is 22.5 Å². The van der Waals surface area contributed by atoms with Gasteiger partial charge < -0.3 is 8.85 Å². The van der Waals surface area contributed by atoms with Crippen LogP contribution in [0.5, 0.6) is 0 Å². The summed E-state index contributed by atoms with van der Waals surface area (Å²) >= 11 is 0. The van der Waals surface area contributed by atoms with Crippen LogP contribution in [0.3, 0.4) is 0 Å². The van der Waals surface area contributed by atoms with Crippen LogP contribution in [0.4, 0.5) is 0 Å². The van der Waals surface area contributed by atoms with Gasteiger partial charge in [0.2, 0.25) is 0 Å². The van der Waals surface area contributed by atoms with Gasteiger partial charge in [0.05, 0.1) is 0 Å². The molecule has 0 aliphatic rings. The second-order valence-corrected chi connectivity index (χ2v) is 6.58. The standard InChI is InChI=1S/C14H24O2Si/c1-5-15-17(16-6-2)14(12(3)4)13-10-8-7-9-11-13/h7-12,14,17H,5-6H2,1-4H3. The van der Waals surface area contributed by atoms with Crippen molar-refractivity contribution >= 4 is 9.28 Å². The highest BCUT2D eigenvalue weighted by molar-refractivity contribution is 6.46. The SMILES string of the molecule is CCO[SiH](OCC)C(c1ccccc1)C(C)C. The van der Waals surface area contributed by atoms with Gasteiger partial charge in [-0.15, -0.1) is 0 Å². The lowest BCUT2D eigenvalue weighted by molar-refractivity contribution is 0.198. The highest BCUT2D eigenvalue weighted by atomic mass is 28.3. The van der Waals surface area contributed by atoms with E-state index in [1.165, 1.54) is 5.56 Å². The molecule has 1 aromatic carbocycles. The van der Waals surface area contributed by atoms with Crippen LogP contribution in [0.2, 0.25) is 0 Å². The van der Waals surface area contributed by atoms with Crippen molar-refractivity contribution in [1.29, 1.82) is 0 Å². The Labute approximate surface area is 107 Å². The maximum atomic E-state index is 5.88. The first-order valence-electron chi connectivity index (χ1n) is 6.48. The van der Waals surface area contributed by atoms with E-state index in [4.69, 9.17) is 8.85 Å². The lowest BCUT2D eigenvalue weighted by atomic mass is 10.0. The summed E-state index contributed by atoms with van der Waals surface area (Å²) in [5, 5.41) is 0. The Morgan fingerprint density at radius 1 is 1.00 bits per heavy atom. The molecule has 0 amide bonds. The fourth-order valence-electron chi connectivity index (χ4n) is 2.12. The van der Waals surface area contributed by atoms with E-state index in [0.717, 1.165) is 13.2 Å². The largest absolute Gasteiger partial charge is 0.396 e. The summed E-state index contributed by atoms with van der Waals surface area (Å²) in [4.78, 5) is 0. The van der Waals surface area contributed by atoms with E-state index < -0.39 is 9.28 Å². The van der Waals surface area contributed by atoms with Gasteiger partial charge in [-0.3, -0.25) is 0 Å². The number of hydrogen-bond acceptors (Lipinski definition) is 2. The van der Waals surface area contributed by atoms with Crippen LogP contribution in [0.25, 0.3) is 0 Å². The van der Waals surface area contributed by atoms with Crippen molar-refractivity contribution in [3.05, 3.63) is 35.9 Å². The molecule has 1 unspecified atom stereocenters. The molecule has 0 spiro atoms. The van der Waals surface area contributed by atoms with Gasteiger partial charge in [0.15, 0.2) is 0 Å². The second kappa shape index (κ2) is 7.64. The highest BCUT2D eigenvalue weighted by Gasteiger charge is 2.30. The average molecular weight is 252 g/mol. The summed E-state index contributed by atoms with van der Waals surface area (Å²) < 4.78 is 11.8. The minimum atomic E-state index is -1.63. The lowest BCUT2D eigenvalue weighted by Crippen LogP contribution is -2.34. The highest BCUT2D eigenvalue weighted by Crippen LogP contribution is 2.28. The number of benzene rings is 1. The van der Waals surface area contributed by atoms with Crippen molar-refractivity contribution in [3.8, 4) is 0 Å². The van der Waals surface area contributed by atoms with Gasteiger partial charge in [0.1, 0.15) is 0 Å². The Morgan fingerprint density at radius 3 is 1.94 bits per heavy atom. The smallest absolute Gasteiger partial charge is 0.329 e. The van der Waals surface area contributed by atoms with E-state index >= 15 is 0 Å². The zero-order valence-electron chi connectivity index (χ0n) is 11.3. The molecule has 0 fully saturated rings. The first-order valence-corrected chi connectivity index (χ1v) is 8.09. The molecule has 3 heteroatoms. The second-order valence-electron chi connectivity index (χ2n) is 4.46. The molecule has 0 aliphatic carbocycles. The van der Waals surface area contributed by atoms with Crippen molar-refractivity contribution in [1.82, 2.24) is 0 Å². The van der Waals surface area contributed by atoms with Crippen molar-refractivity contribution in [2.24, 2.45) is 5.92 Å². The Hall–Kier alpha value is -0.643. The van der Waals surface area contributed by atoms with Crippen LogP contribution in [0.15, 0.2) is 30.3 Å². The molecule has 0 bridgehead atoms. The normalized spacial score (nSPS) is 13.3. The van der Waals surface area contributed by atoms with E-state index in [0.29, 0.717) is 11.5 Å². The van der Waals surface area contributed by atoms with Crippen LogP contribution in [0.1, 0.15) is 38.8 Å². The van der Waals surface area contributed by atoms with Crippen molar-refractivity contribution in [2.45, 2.75) is 33.2 Å². The minimum absolute atomic E-state index is 0.427. The maximum absolute atomic E-state index is 5.88. The summed E-state index contributed by atoms with van der Waals surface area (Å²) in [5.74, 6) is 0.548. The molecule has 0 heterocycles. The van der Waals surface area contributed by atoms with Gasteiger partial charge in [-0.1, -0.05) is 44.2 Å². The molecule has 96 valence electrons. The first-order chi connectivity index (χ1) is 8.20. The van der Waals surface area contributed by atoms with Gasteiger partial charge in [-0.05, 0) is 25.3 Å². The van der Waals surface area contributed by atoms with Gasteiger partial charge in [-0.25, -0.2) is 0 Å². The van der Waals surface area contributed by atoms with Crippen molar-refractivity contribution in [2.75, 3.05) is 13.2 Å². The number of hydrogen-bond donors (Lipinski definition) is 0. The quantitative estimate of drug-likeness (QED) is 0.694. The molecular formula is C14H24O2Si. The molecule has 0 N–H and O–H groups in total. The van der Waals surface area contributed by atoms with Crippen LogP contribution >= 0.6 is 0 Å². The molecule has 0 aliphatic heterocycles. The molecule has 0 aromatic heterocycles. The molecule has 0 radical (unpaired) electrons. The Bertz CT molecular complexity index is 294. The fourth-order valence-corrected chi connectivity index (χ4v) is 4.45. The third-order valence-electron chi connectivity index (χ3n) is 2.86. The van der Waals surface area contributed by atoms with E-state index in [1.54, 1.807) is 0 Å². The molecule has 0 saturated heterocycles. The fraction of sp³-hybridized carbons (Fsp3) is 0.571. The number of rotatable bonds is 7. The molecule has 1 rings (SSSR count). The molecule has 2 nitrogen and oxygen atoms in total. The Balaban J connectivity index is 2.90. The summed E-state index contributed by atoms with van der Waals surface area (Å²) in [5.41, 5.74) is 1.78. The predicted octanol–water partition coefficient (Wildman–Crippen LogP) is 3.26. The average Bonchev–Trinajstić information content (AvgIpc) is 2.31. The van der Waals surface area contributed by atoms with Crippen LogP contribution in [-0.2, 0) is 8.85 Å². The van der Waals surface area contributed by atoms with Crippen LogP contribution in [0, 0.1) is 5.92 Å². The Kier molecular flexibility index (Phi) is 6.48. The zero-order chi connectivity index (χ0) is 12.7. The van der Waals surface area contributed by atoms with Gasteiger partial charge in [0.25, 0.3) is 0 Å². The molecule has 17 heavy (non-hydrogen) atoms. The molecule has 1 atom stereocenters. The summed E-state index contributed by atoms with van der Waals surface area (Å²) in [6.07, 6.45) is 0. The molecule has 1 aromatic rings. The first kappa shape index (κ1) is 14.4. The zero-order valence-corrected chi connectivity index (χ0v) is 12.5. The third kappa shape index (κ3) is 4.26. The maximum Gasteiger partial charge on any atom is 0.329 e. The summed E-state index contributed by atoms with van der Waals surface area (Å²) in [7, 11) is -1.63. The van der Waals surface area contributed by atoms with E-state index in [9.17, 15) is 0 Å². The van der Waals surface area contributed by atoms with Gasteiger partial charge >= 0.3 is 9.28 Å². The third-order valence-corrected chi connectivity index (χ3v) is 5.92. The molecule has 0 saturated carbocycles. The minimum Gasteiger partial charge on any atom is -0.396 e. The monoisotopic (exact) mass is 252 g/mol. The van der Waals surface area contributed by atoms with E-state index in [2.05, 4.69) is 44.2 Å². The van der Waals surface area contributed by atoms with Crippen LogP contribution < -0.4 is 0 Å². The lowest BCUT2D eigenvalue weighted by Gasteiger charge is -2.28. The van der Waals surface area contributed by atoms with Gasteiger partial charge in [0, 0.05) is 18.8 Å². The van der Waals surface area contributed by atoms with Gasteiger partial charge in [-0.2, -0.15) is 0 Å². The topological polar surface area (TPSA) is 18.5 Å². The van der Waals surface area contributed by atoms with Crippen molar-refractivity contribution < 1.29 is 8.85 Å². The summed E-state index contributed by atoms with van der Waals surface area (Å²) in [6.45, 7) is 10.1. The summed E-state index contributed by atoms with van der Waals surface area (Å²) in [6, 6.07) is 10.6. The van der Waals surface area contributed by atoms with E-state index in [1.807, 2.05) is 13.8 Å². The molecular weight excluding hydrogens is 228 g/mol. The Morgan fingerprint density at radius 2 is 1.53 bits per heavy atom. The van der Waals surface area contributed by atoms with E-state index in [-0.39, 0.29) is 0 Å². The van der Waals surface area contributed by atoms with Crippen molar-refractivity contribution in [3.63, 3.8) is 0 Å². The predicted molar refractivity (Wildman–Crippen MR) is 74.4 cm³/mol.